The van der Waals surface area contributed by atoms with Gasteiger partial charge in [-0.05, 0) is 72.3 Å². The molecule has 0 aliphatic carbocycles. The van der Waals surface area contributed by atoms with Crippen LogP contribution in [-0.4, -0.2) is 22.8 Å². The van der Waals surface area contributed by atoms with Crippen LogP contribution < -0.4 is 4.72 Å². The van der Waals surface area contributed by atoms with Crippen molar-refractivity contribution in [2.45, 2.75) is 113 Å². The summed E-state index contributed by atoms with van der Waals surface area (Å²) >= 11 is 0. The predicted molar refractivity (Wildman–Crippen MR) is 177 cm³/mol. The largest absolute Gasteiger partial charge is 0.407 e. The zero-order valence-corrected chi connectivity index (χ0v) is 29.1. The van der Waals surface area contributed by atoms with Crippen LogP contribution in [0.1, 0.15) is 78.2 Å². The highest BCUT2D eigenvalue weighted by Gasteiger charge is 2.49. The molecule has 0 saturated carbocycles. The molecule has 41 heavy (non-hydrogen) atoms. The van der Waals surface area contributed by atoms with E-state index >= 15 is 0 Å². The van der Waals surface area contributed by atoms with Crippen LogP contribution in [-0.2, 0) is 26.2 Å². The molecule has 0 aliphatic heterocycles. The first-order chi connectivity index (χ1) is 19.3. The van der Waals surface area contributed by atoms with Gasteiger partial charge in [-0.15, -0.1) is 0 Å². The van der Waals surface area contributed by atoms with Crippen molar-refractivity contribution in [2.24, 2.45) is 5.92 Å². The van der Waals surface area contributed by atoms with Gasteiger partial charge in [-0.1, -0.05) is 109 Å². The second-order valence-electron chi connectivity index (χ2n) is 12.4. The third-order valence-corrected chi connectivity index (χ3v) is 17.0. The van der Waals surface area contributed by atoms with Gasteiger partial charge in [-0.25, -0.2) is 13.1 Å². The highest BCUT2D eigenvalue weighted by atomic mass is 32.2. The fourth-order valence-corrected chi connectivity index (χ4v) is 14.0. The van der Waals surface area contributed by atoms with Gasteiger partial charge in [0.1, 0.15) is 11.0 Å². The first-order valence-corrected chi connectivity index (χ1v) is 19.2. The summed E-state index contributed by atoms with van der Waals surface area (Å²) in [5.41, 5.74) is 4.23. The van der Waals surface area contributed by atoms with E-state index in [2.05, 4.69) is 66.2 Å². The molecule has 0 aliphatic rings. The van der Waals surface area contributed by atoms with E-state index in [1.165, 1.54) is 0 Å². The maximum atomic E-state index is 14.1. The molecule has 0 radical (unpaired) electrons. The molecule has 2 unspecified atom stereocenters. The van der Waals surface area contributed by atoms with Gasteiger partial charge in [-0.3, -0.25) is 0 Å². The lowest BCUT2D eigenvalue weighted by Crippen LogP contribution is -2.52. The summed E-state index contributed by atoms with van der Waals surface area (Å²) in [6.45, 7) is 22.0. The normalized spacial score (nSPS) is 15.5. The molecule has 0 fully saturated rings. The van der Waals surface area contributed by atoms with Crippen LogP contribution >= 0.6 is 0 Å². The maximum Gasteiger partial charge on any atom is 0.201 e. The lowest BCUT2D eigenvalue weighted by Gasteiger charge is -2.47. The van der Waals surface area contributed by atoms with Crippen LogP contribution in [0.4, 0.5) is 0 Å². The summed E-state index contributed by atoms with van der Waals surface area (Å²) in [6, 6.07) is 23.4. The van der Waals surface area contributed by atoms with E-state index in [9.17, 15) is 8.42 Å². The van der Waals surface area contributed by atoms with Crippen LogP contribution in [0.3, 0.4) is 0 Å². The lowest BCUT2D eigenvalue weighted by molar-refractivity contribution is 0.118. The Labute approximate surface area is 254 Å². The Morgan fingerprint density at radius 2 is 1.12 bits per heavy atom. The topological polar surface area (TPSA) is 55.4 Å². The summed E-state index contributed by atoms with van der Waals surface area (Å²) in [5, 5.41) is 0. The molecule has 4 atom stereocenters. The van der Waals surface area contributed by atoms with E-state index in [-0.39, 0.29) is 12.0 Å². The van der Waals surface area contributed by atoms with E-state index in [4.69, 9.17) is 4.43 Å². The van der Waals surface area contributed by atoms with Crippen LogP contribution in [0, 0.1) is 19.8 Å². The van der Waals surface area contributed by atoms with E-state index < -0.39 is 36.2 Å². The van der Waals surface area contributed by atoms with Gasteiger partial charge in [0.15, 0.2) is 0 Å². The van der Waals surface area contributed by atoms with Gasteiger partial charge < -0.3 is 4.43 Å². The van der Waals surface area contributed by atoms with Gasteiger partial charge in [0.25, 0.3) is 0 Å². The third-order valence-electron chi connectivity index (χ3n) is 8.22. The SMILES string of the molecule is Cc1ccc(S(=O)N[C@H](C(C)C)[C@@H](O[Si](C(C)C)(C(C)C)C(C)C)c2ccccc2S(=O)c2ccc(C)cc2)cc1. The zero-order chi connectivity index (χ0) is 30.5. The molecule has 0 aromatic heterocycles. The minimum atomic E-state index is -2.40. The van der Waals surface area contributed by atoms with E-state index in [0.717, 1.165) is 31.4 Å². The average Bonchev–Trinajstić information content (AvgIpc) is 2.92. The standard InChI is InChI=1S/C34H49NO3S2Si/c1-23(2)33(35-40(37)30-21-17-28(10)18-22-30)34(38-41(24(3)4,25(5)6)26(7)8)31-13-11-12-14-32(31)39(36)29-19-15-27(9)16-20-29/h11-26,33-35H,1-10H3/t33-,34+,39?,40?/m1/s1. The van der Waals surface area contributed by atoms with Crippen molar-refractivity contribution in [3.63, 3.8) is 0 Å². The van der Waals surface area contributed by atoms with Gasteiger partial charge >= 0.3 is 0 Å². The number of hydrogen-bond acceptors (Lipinski definition) is 3. The zero-order valence-electron chi connectivity index (χ0n) is 26.4. The monoisotopic (exact) mass is 611 g/mol. The van der Waals surface area contributed by atoms with Crippen molar-refractivity contribution >= 4 is 30.1 Å². The van der Waals surface area contributed by atoms with Crippen molar-refractivity contribution in [3.05, 3.63) is 89.5 Å². The van der Waals surface area contributed by atoms with Gasteiger partial charge in [0, 0.05) is 9.79 Å². The highest BCUT2D eigenvalue weighted by Crippen LogP contribution is 2.47. The summed E-state index contributed by atoms with van der Waals surface area (Å²) in [7, 11) is -5.24. The summed E-state index contributed by atoms with van der Waals surface area (Å²) < 4.78 is 38.9. The second kappa shape index (κ2) is 14.5. The van der Waals surface area contributed by atoms with E-state index in [1.807, 2.05) is 80.6 Å². The molecule has 0 heterocycles. The number of hydrogen-bond donors (Lipinski definition) is 1. The Hall–Kier alpha value is -1.90. The molecule has 0 saturated heterocycles. The molecule has 4 nitrogen and oxygen atoms in total. The summed E-state index contributed by atoms with van der Waals surface area (Å²) in [4.78, 5) is 2.24. The van der Waals surface area contributed by atoms with Gasteiger partial charge in [0.05, 0.1) is 27.8 Å². The first-order valence-electron chi connectivity index (χ1n) is 14.8. The molecule has 0 amide bonds. The van der Waals surface area contributed by atoms with Crippen LogP contribution in [0.15, 0.2) is 87.5 Å². The number of rotatable bonds is 13. The Morgan fingerprint density at radius 3 is 1.59 bits per heavy atom. The van der Waals surface area contributed by atoms with Crippen molar-refractivity contribution in [1.82, 2.24) is 4.72 Å². The number of nitrogens with one attached hydrogen (secondary N) is 1. The second-order valence-corrected chi connectivity index (χ2v) is 20.5. The molecular formula is C34H49NO3S2Si. The van der Waals surface area contributed by atoms with Crippen molar-refractivity contribution < 1.29 is 12.8 Å². The van der Waals surface area contributed by atoms with Gasteiger partial charge in [0.2, 0.25) is 8.32 Å². The molecule has 1 N–H and O–H groups in total. The molecule has 0 bridgehead atoms. The fourth-order valence-electron chi connectivity index (χ4n) is 6.03. The van der Waals surface area contributed by atoms with E-state index in [1.54, 1.807) is 0 Å². The smallest absolute Gasteiger partial charge is 0.201 e. The summed E-state index contributed by atoms with van der Waals surface area (Å²) in [6.07, 6.45) is -0.436. The van der Waals surface area contributed by atoms with Crippen LogP contribution in [0.25, 0.3) is 0 Å². The Balaban J connectivity index is 2.21. The molecule has 224 valence electrons. The quantitative estimate of drug-likeness (QED) is 0.196. The van der Waals surface area contributed by atoms with Crippen molar-refractivity contribution in [3.8, 4) is 0 Å². The summed E-state index contributed by atoms with van der Waals surface area (Å²) in [5.74, 6) is 0.0912. The predicted octanol–water partition coefficient (Wildman–Crippen LogP) is 9.04. The minimum absolute atomic E-state index is 0.0912. The Kier molecular flexibility index (Phi) is 11.9. The number of benzene rings is 3. The minimum Gasteiger partial charge on any atom is -0.407 e. The van der Waals surface area contributed by atoms with Crippen molar-refractivity contribution in [2.75, 3.05) is 0 Å². The number of aryl methyl sites for hydroxylation is 2. The van der Waals surface area contributed by atoms with Crippen LogP contribution in [0.5, 0.6) is 0 Å². The molecule has 3 aromatic carbocycles. The van der Waals surface area contributed by atoms with Crippen LogP contribution in [0.2, 0.25) is 16.6 Å². The average molecular weight is 612 g/mol. The lowest BCUT2D eigenvalue weighted by atomic mass is 9.94. The molecule has 0 spiro atoms. The molecule has 3 rings (SSSR count). The first kappa shape index (κ1) is 33.6. The molecular weight excluding hydrogens is 563 g/mol. The van der Waals surface area contributed by atoms with E-state index in [0.29, 0.717) is 16.6 Å². The molecule has 7 heteroatoms. The maximum absolute atomic E-state index is 14.1. The Bertz CT molecular complexity index is 1300. The highest BCUT2D eigenvalue weighted by molar-refractivity contribution is 7.85. The van der Waals surface area contributed by atoms with Crippen molar-refractivity contribution in [1.29, 1.82) is 0 Å². The molecule has 3 aromatic rings. The third kappa shape index (κ3) is 7.74. The Morgan fingerprint density at radius 1 is 0.659 bits per heavy atom. The van der Waals surface area contributed by atoms with Gasteiger partial charge in [-0.2, -0.15) is 0 Å². The fraction of sp³-hybridized carbons (Fsp3) is 0.471.